The first kappa shape index (κ1) is 12.9. The fourth-order valence-corrected chi connectivity index (χ4v) is 2.17. The van der Waals surface area contributed by atoms with Crippen molar-refractivity contribution in [3.05, 3.63) is 59.5 Å². The van der Waals surface area contributed by atoms with Gasteiger partial charge in [-0.25, -0.2) is 0 Å². The fraction of sp³-hybridized carbons (Fsp3) is 0.375. The van der Waals surface area contributed by atoms with Crippen LogP contribution in [0.5, 0.6) is 0 Å². The lowest BCUT2D eigenvalue weighted by Crippen LogP contribution is -2.23. The Morgan fingerprint density at radius 1 is 1.28 bits per heavy atom. The van der Waals surface area contributed by atoms with Crippen molar-refractivity contribution < 1.29 is 4.42 Å². The molecule has 2 aromatic rings. The van der Waals surface area contributed by atoms with Crippen LogP contribution in [0.25, 0.3) is 0 Å². The van der Waals surface area contributed by atoms with E-state index in [9.17, 15) is 0 Å². The Balaban J connectivity index is 2.10. The van der Waals surface area contributed by atoms with Crippen LogP contribution in [0.3, 0.4) is 0 Å². The van der Waals surface area contributed by atoms with E-state index in [1.54, 1.807) is 6.26 Å². The topological polar surface area (TPSA) is 25.2 Å². The first-order valence-corrected chi connectivity index (χ1v) is 6.60. The third-order valence-corrected chi connectivity index (χ3v) is 3.11. The molecule has 2 rings (SSSR count). The van der Waals surface area contributed by atoms with Crippen molar-refractivity contribution in [3.8, 4) is 0 Å². The maximum Gasteiger partial charge on any atom is 0.0950 e. The molecule has 0 aliphatic rings. The van der Waals surface area contributed by atoms with Crippen molar-refractivity contribution in [3.63, 3.8) is 0 Å². The van der Waals surface area contributed by atoms with Crippen molar-refractivity contribution in [2.45, 2.75) is 32.7 Å². The minimum Gasteiger partial charge on any atom is -0.472 e. The molecule has 0 saturated heterocycles. The monoisotopic (exact) mass is 243 g/mol. The zero-order chi connectivity index (χ0) is 12.8. The molecule has 2 heteroatoms. The first-order chi connectivity index (χ1) is 8.79. The molecule has 1 N–H and O–H groups in total. The zero-order valence-electron chi connectivity index (χ0n) is 11.1. The van der Waals surface area contributed by atoms with Crippen LogP contribution in [0.1, 0.15) is 36.1 Å². The van der Waals surface area contributed by atoms with Gasteiger partial charge in [-0.3, -0.25) is 0 Å². The average molecular weight is 243 g/mol. The third kappa shape index (κ3) is 3.47. The van der Waals surface area contributed by atoms with Gasteiger partial charge in [0.05, 0.1) is 12.5 Å². The van der Waals surface area contributed by atoms with Gasteiger partial charge in [0, 0.05) is 11.6 Å². The highest BCUT2D eigenvalue weighted by Gasteiger charge is 2.12. The Kier molecular flexibility index (Phi) is 4.59. The van der Waals surface area contributed by atoms with Gasteiger partial charge in [0.2, 0.25) is 0 Å². The van der Waals surface area contributed by atoms with Crippen LogP contribution in [0.15, 0.2) is 47.3 Å². The van der Waals surface area contributed by atoms with Crippen molar-refractivity contribution in [1.82, 2.24) is 5.32 Å². The van der Waals surface area contributed by atoms with E-state index in [2.05, 4.69) is 43.4 Å². The maximum atomic E-state index is 5.20. The molecule has 0 aliphatic carbocycles. The van der Waals surface area contributed by atoms with E-state index in [4.69, 9.17) is 4.42 Å². The van der Waals surface area contributed by atoms with E-state index in [0.29, 0.717) is 6.04 Å². The molecule has 0 saturated carbocycles. The molecule has 0 spiro atoms. The van der Waals surface area contributed by atoms with E-state index < -0.39 is 0 Å². The van der Waals surface area contributed by atoms with Crippen LogP contribution in [0, 0.1) is 6.92 Å². The molecule has 2 nitrogen and oxygen atoms in total. The number of aryl methyl sites for hydroxylation is 1. The van der Waals surface area contributed by atoms with Gasteiger partial charge >= 0.3 is 0 Å². The minimum absolute atomic E-state index is 0.338. The molecule has 96 valence electrons. The second-order valence-corrected chi connectivity index (χ2v) is 4.76. The normalized spacial score (nSPS) is 12.6. The van der Waals surface area contributed by atoms with Gasteiger partial charge in [0.1, 0.15) is 0 Å². The summed E-state index contributed by atoms with van der Waals surface area (Å²) in [7, 11) is 0. The van der Waals surface area contributed by atoms with Crippen LogP contribution in [0.4, 0.5) is 0 Å². The van der Waals surface area contributed by atoms with E-state index >= 15 is 0 Å². The Bertz CT molecular complexity index is 462. The average Bonchev–Trinajstić information content (AvgIpc) is 2.88. The lowest BCUT2D eigenvalue weighted by atomic mass is 10.00. The number of hydrogen-bond acceptors (Lipinski definition) is 2. The molecule has 0 aliphatic heterocycles. The molecule has 0 amide bonds. The molecule has 18 heavy (non-hydrogen) atoms. The van der Waals surface area contributed by atoms with Crippen LogP contribution in [-0.4, -0.2) is 6.54 Å². The molecule has 1 heterocycles. The number of rotatable bonds is 6. The summed E-state index contributed by atoms with van der Waals surface area (Å²) in [5.41, 5.74) is 3.91. The summed E-state index contributed by atoms with van der Waals surface area (Å²) in [6.45, 7) is 5.35. The summed E-state index contributed by atoms with van der Waals surface area (Å²) >= 11 is 0. The van der Waals surface area contributed by atoms with E-state index in [1.165, 1.54) is 16.7 Å². The second-order valence-electron chi connectivity index (χ2n) is 4.76. The molecule has 1 atom stereocenters. The standard InChI is InChI=1S/C16H21NO/c1-3-8-17-16(15-7-9-18-12-15)11-14-6-4-5-13(2)10-14/h4-7,9-10,12,16-17H,3,8,11H2,1-2H3. The van der Waals surface area contributed by atoms with Crippen molar-refractivity contribution >= 4 is 0 Å². The summed E-state index contributed by atoms with van der Waals surface area (Å²) < 4.78 is 5.20. The molecular formula is C16H21NO. The summed E-state index contributed by atoms with van der Waals surface area (Å²) in [6.07, 6.45) is 5.72. The number of nitrogens with one attached hydrogen (secondary N) is 1. The number of furan rings is 1. The predicted octanol–water partition coefficient (Wildman–Crippen LogP) is 3.87. The third-order valence-electron chi connectivity index (χ3n) is 3.11. The quantitative estimate of drug-likeness (QED) is 0.833. The Morgan fingerprint density at radius 3 is 2.83 bits per heavy atom. The first-order valence-electron chi connectivity index (χ1n) is 6.60. The van der Waals surface area contributed by atoms with Gasteiger partial charge < -0.3 is 9.73 Å². The zero-order valence-corrected chi connectivity index (χ0v) is 11.1. The van der Waals surface area contributed by atoms with E-state index in [1.807, 2.05) is 12.3 Å². The molecule has 1 unspecified atom stereocenters. The van der Waals surface area contributed by atoms with Crippen LogP contribution >= 0.6 is 0 Å². The Hall–Kier alpha value is -1.54. The van der Waals surface area contributed by atoms with Crippen LogP contribution in [0.2, 0.25) is 0 Å². The highest BCUT2D eigenvalue weighted by molar-refractivity contribution is 5.25. The van der Waals surface area contributed by atoms with Crippen molar-refractivity contribution in [2.24, 2.45) is 0 Å². The Morgan fingerprint density at radius 2 is 2.17 bits per heavy atom. The highest BCUT2D eigenvalue weighted by atomic mass is 16.3. The molecule has 0 radical (unpaired) electrons. The van der Waals surface area contributed by atoms with Crippen molar-refractivity contribution in [2.75, 3.05) is 6.54 Å². The maximum absolute atomic E-state index is 5.20. The predicted molar refractivity (Wildman–Crippen MR) is 74.6 cm³/mol. The van der Waals surface area contributed by atoms with E-state index in [-0.39, 0.29) is 0 Å². The summed E-state index contributed by atoms with van der Waals surface area (Å²) in [5, 5.41) is 3.58. The fourth-order valence-electron chi connectivity index (χ4n) is 2.17. The van der Waals surface area contributed by atoms with Crippen molar-refractivity contribution in [1.29, 1.82) is 0 Å². The van der Waals surface area contributed by atoms with Gasteiger partial charge in [-0.05, 0) is 37.9 Å². The number of hydrogen-bond donors (Lipinski definition) is 1. The largest absolute Gasteiger partial charge is 0.472 e. The van der Waals surface area contributed by atoms with Crippen LogP contribution < -0.4 is 5.32 Å². The van der Waals surface area contributed by atoms with Crippen LogP contribution in [-0.2, 0) is 6.42 Å². The summed E-state index contributed by atoms with van der Waals surface area (Å²) in [5.74, 6) is 0. The lowest BCUT2D eigenvalue weighted by Gasteiger charge is -2.17. The molecule has 1 aromatic carbocycles. The summed E-state index contributed by atoms with van der Waals surface area (Å²) in [4.78, 5) is 0. The van der Waals surface area contributed by atoms with Gasteiger partial charge in [-0.1, -0.05) is 36.8 Å². The SMILES string of the molecule is CCCNC(Cc1cccc(C)c1)c1ccoc1. The summed E-state index contributed by atoms with van der Waals surface area (Å²) in [6, 6.07) is 11.1. The van der Waals surface area contributed by atoms with Gasteiger partial charge in [0.15, 0.2) is 0 Å². The lowest BCUT2D eigenvalue weighted by molar-refractivity contribution is 0.512. The van der Waals surface area contributed by atoms with Gasteiger partial charge in [-0.15, -0.1) is 0 Å². The highest BCUT2D eigenvalue weighted by Crippen LogP contribution is 2.19. The Labute approximate surface area is 109 Å². The molecule has 1 aromatic heterocycles. The minimum atomic E-state index is 0.338. The van der Waals surface area contributed by atoms with E-state index in [0.717, 1.165) is 19.4 Å². The molecule has 0 fully saturated rings. The molecule has 0 bridgehead atoms. The number of benzene rings is 1. The van der Waals surface area contributed by atoms with Gasteiger partial charge in [-0.2, -0.15) is 0 Å². The second kappa shape index (κ2) is 6.41. The smallest absolute Gasteiger partial charge is 0.0950 e. The van der Waals surface area contributed by atoms with Gasteiger partial charge in [0.25, 0.3) is 0 Å². The molecular weight excluding hydrogens is 222 g/mol.